The molecule has 0 unspecified atom stereocenters. The fourth-order valence-corrected chi connectivity index (χ4v) is 2.60. The highest BCUT2D eigenvalue weighted by Crippen LogP contribution is 2.23. The molecule has 3 aromatic carbocycles. The first-order valence-electron chi connectivity index (χ1n) is 7.25. The summed E-state index contributed by atoms with van der Waals surface area (Å²) in [5, 5.41) is 16.0. The number of aliphatic hydroxyl groups excluding tert-OH is 1. The van der Waals surface area contributed by atoms with Crippen LogP contribution in [0.5, 0.6) is 0 Å². The average molecular weight is 277 g/mol. The fourth-order valence-electron chi connectivity index (χ4n) is 2.60. The van der Waals surface area contributed by atoms with Gasteiger partial charge in [-0.25, -0.2) is 0 Å². The molecule has 3 aromatic rings. The summed E-state index contributed by atoms with van der Waals surface area (Å²) < 4.78 is 0. The van der Waals surface area contributed by atoms with Crippen LogP contribution in [0, 0.1) is 0 Å². The van der Waals surface area contributed by atoms with Gasteiger partial charge in [-0.15, -0.1) is 0 Å². The fraction of sp³-hybridized carbons (Fsp3) is 0.158. The van der Waals surface area contributed by atoms with Crippen molar-refractivity contribution >= 4 is 10.8 Å². The third-order valence-electron chi connectivity index (χ3n) is 3.69. The van der Waals surface area contributed by atoms with Crippen molar-refractivity contribution in [3.05, 3.63) is 83.9 Å². The predicted molar refractivity (Wildman–Crippen MR) is 87.1 cm³/mol. The van der Waals surface area contributed by atoms with Crippen LogP contribution >= 0.6 is 0 Å². The Balaban J connectivity index is 1.68. The molecule has 2 nitrogen and oxygen atoms in total. The molecular weight excluding hydrogens is 258 g/mol. The summed E-state index contributed by atoms with van der Waals surface area (Å²) in [5.74, 6) is 0. The molecule has 0 bridgehead atoms. The second kappa shape index (κ2) is 6.53. The monoisotopic (exact) mass is 277 g/mol. The number of hydrogen-bond donors (Lipinski definition) is 2. The van der Waals surface area contributed by atoms with E-state index < -0.39 is 6.10 Å². The first-order valence-corrected chi connectivity index (χ1v) is 7.25. The summed E-state index contributed by atoms with van der Waals surface area (Å²) in [6.45, 7) is 1.31. The van der Waals surface area contributed by atoms with Gasteiger partial charge < -0.3 is 10.4 Å². The molecule has 21 heavy (non-hydrogen) atoms. The summed E-state index contributed by atoms with van der Waals surface area (Å²) in [6, 6.07) is 24.5. The molecule has 1 atom stereocenters. The summed E-state index contributed by atoms with van der Waals surface area (Å²) in [5.41, 5.74) is 2.20. The topological polar surface area (TPSA) is 32.3 Å². The lowest BCUT2D eigenvalue weighted by Gasteiger charge is -2.14. The van der Waals surface area contributed by atoms with Crippen molar-refractivity contribution in [2.24, 2.45) is 0 Å². The minimum atomic E-state index is -0.500. The Morgan fingerprint density at radius 1 is 0.810 bits per heavy atom. The van der Waals surface area contributed by atoms with E-state index >= 15 is 0 Å². The van der Waals surface area contributed by atoms with Gasteiger partial charge in [0.1, 0.15) is 0 Å². The van der Waals surface area contributed by atoms with E-state index in [0.717, 1.165) is 22.9 Å². The minimum absolute atomic E-state index is 0.500. The molecular formula is C19H19NO. The Hall–Kier alpha value is -2.16. The van der Waals surface area contributed by atoms with Gasteiger partial charge in [0, 0.05) is 13.1 Å². The van der Waals surface area contributed by atoms with Gasteiger partial charge in [-0.1, -0.05) is 72.8 Å². The average Bonchev–Trinajstić information content (AvgIpc) is 2.55. The summed E-state index contributed by atoms with van der Waals surface area (Å²) in [7, 11) is 0. The zero-order valence-corrected chi connectivity index (χ0v) is 11.9. The molecule has 0 heterocycles. The molecule has 0 saturated heterocycles. The maximum Gasteiger partial charge on any atom is 0.0920 e. The van der Waals surface area contributed by atoms with E-state index in [1.165, 1.54) is 5.56 Å². The molecule has 0 saturated carbocycles. The van der Waals surface area contributed by atoms with Crippen molar-refractivity contribution < 1.29 is 5.11 Å². The van der Waals surface area contributed by atoms with Crippen molar-refractivity contribution in [2.75, 3.05) is 6.54 Å². The van der Waals surface area contributed by atoms with E-state index in [-0.39, 0.29) is 0 Å². The van der Waals surface area contributed by atoms with Crippen LogP contribution in [-0.4, -0.2) is 11.7 Å². The van der Waals surface area contributed by atoms with Gasteiger partial charge in [0.15, 0.2) is 0 Å². The molecule has 0 radical (unpaired) electrons. The molecule has 0 aliphatic rings. The second-order valence-corrected chi connectivity index (χ2v) is 5.20. The lowest BCUT2D eigenvalue weighted by atomic mass is 10.0. The van der Waals surface area contributed by atoms with Crippen molar-refractivity contribution in [3.8, 4) is 0 Å². The van der Waals surface area contributed by atoms with E-state index in [2.05, 4.69) is 35.6 Å². The predicted octanol–water partition coefficient (Wildman–Crippen LogP) is 3.66. The van der Waals surface area contributed by atoms with E-state index in [4.69, 9.17) is 0 Å². The van der Waals surface area contributed by atoms with Crippen LogP contribution in [0.25, 0.3) is 10.8 Å². The molecule has 0 spiro atoms. The largest absolute Gasteiger partial charge is 0.387 e. The third-order valence-corrected chi connectivity index (χ3v) is 3.69. The maximum absolute atomic E-state index is 10.4. The number of aliphatic hydroxyl groups is 1. The van der Waals surface area contributed by atoms with Crippen molar-refractivity contribution in [2.45, 2.75) is 12.6 Å². The zero-order chi connectivity index (χ0) is 14.5. The number of benzene rings is 3. The Labute approximate surface area is 125 Å². The molecule has 3 rings (SSSR count). The Bertz CT molecular complexity index is 704. The molecule has 0 aliphatic heterocycles. The first kappa shape index (κ1) is 13.8. The van der Waals surface area contributed by atoms with Crippen LogP contribution in [-0.2, 0) is 6.54 Å². The molecule has 0 fully saturated rings. The first-order chi connectivity index (χ1) is 10.3. The highest BCUT2D eigenvalue weighted by Gasteiger charge is 2.10. The molecule has 0 amide bonds. The van der Waals surface area contributed by atoms with Crippen LogP contribution in [0.1, 0.15) is 17.2 Å². The molecule has 0 aliphatic carbocycles. The number of rotatable bonds is 5. The summed E-state index contributed by atoms with van der Waals surface area (Å²) in [6.07, 6.45) is -0.500. The minimum Gasteiger partial charge on any atom is -0.387 e. The van der Waals surface area contributed by atoms with Gasteiger partial charge >= 0.3 is 0 Å². The number of hydrogen-bond acceptors (Lipinski definition) is 2. The lowest BCUT2D eigenvalue weighted by molar-refractivity contribution is 0.176. The van der Waals surface area contributed by atoms with E-state index in [1.807, 2.05) is 42.5 Å². The van der Waals surface area contributed by atoms with Gasteiger partial charge in [-0.2, -0.15) is 0 Å². The maximum atomic E-state index is 10.4. The van der Waals surface area contributed by atoms with Crippen LogP contribution in [0.4, 0.5) is 0 Å². The quantitative estimate of drug-likeness (QED) is 0.746. The molecule has 2 N–H and O–H groups in total. The normalized spacial score (nSPS) is 12.4. The smallest absolute Gasteiger partial charge is 0.0920 e. The number of nitrogens with one attached hydrogen (secondary N) is 1. The van der Waals surface area contributed by atoms with Gasteiger partial charge in [0.25, 0.3) is 0 Å². The molecule has 0 aromatic heterocycles. The zero-order valence-electron chi connectivity index (χ0n) is 11.9. The summed E-state index contributed by atoms with van der Waals surface area (Å²) >= 11 is 0. The van der Waals surface area contributed by atoms with Crippen molar-refractivity contribution in [1.29, 1.82) is 0 Å². The Kier molecular flexibility index (Phi) is 4.29. The third kappa shape index (κ3) is 3.30. The SMILES string of the molecule is O[C@H](CNCc1ccccc1)c1cccc2ccccc12. The molecule has 106 valence electrons. The number of fused-ring (bicyclic) bond motifs is 1. The van der Waals surface area contributed by atoms with E-state index in [9.17, 15) is 5.11 Å². The Morgan fingerprint density at radius 3 is 2.38 bits per heavy atom. The van der Waals surface area contributed by atoms with Crippen LogP contribution in [0.2, 0.25) is 0 Å². The van der Waals surface area contributed by atoms with Gasteiger partial charge in [-0.05, 0) is 21.9 Å². The highest BCUT2D eigenvalue weighted by atomic mass is 16.3. The van der Waals surface area contributed by atoms with E-state index in [0.29, 0.717) is 6.54 Å². The van der Waals surface area contributed by atoms with Gasteiger partial charge in [0.2, 0.25) is 0 Å². The van der Waals surface area contributed by atoms with Crippen LogP contribution < -0.4 is 5.32 Å². The van der Waals surface area contributed by atoms with Crippen LogP contribution in [0.15, 0.2) is 72.8 Å². The molecule has 2 heteroatoms. The highest BCUT2D eigenvalue weighted by molar-refractivity contribution is 5.85. The van der Waals surface area contributed by atoms with Gasteiger partial charge in [0.05, 0.1) is 6.10 Å². The van der Waals surface area contributed by atoms with Crippen molar-refractivity contribution in [3.63, 3.8) is 0 Å². The van der Waals surface area contributed by atoms with E-state index in [1.54, 1.807) is 0 Å². The van der Waals surface area contributed by atoms with Crippen molar-refractivity contribution in [1.82, 2.24) is 5.32 Å². The Morgan fingerprint density at radius 2 is 1.52 bits per heavy atom. The second-order valence-electron chi connectivity index (χ2n) is 5.20. The lowest BCUT2D eigenvalue weighted by Crippen LogP contribution is -2.21. The van der Waals surface area contributed by atoms with Crippen LogP contribution in [0.3, 0.4) is 0 Å². The van der Waals surface area contributed by atoms with Gasteiger partial charge in [-0.3, -0.25) is 0 Å². The standard InChI is InChI=1S/C19H19NO/c21-19(14-20-13-15-7-2-1-3-8-15)18-12-6-10-16-9-4-5-11-17(16)18/h1-12,19-21H,13-14H2/t19-/m1/s1. The summed E-state index contributed by atoms with van der Waals surface area (Å²) in [4.78, 5) is 0.